The first-order valence-corrected chi connectivity index (χ1v) is 8.85. The maximum absolute atomic E-state index is 12.9. The number of carbonyl (C=O) groups is 1. The first-order chi connectivity index (χ1) is 13.3. The molecule has 11 heteroatoms. The van der Waals surface area contributed by atoms with Crippen molar-refractivity contribution in [2.24, 2.45) is 4.99 Å². The molecule has 3 rings (SSSR count). The van der Waals surface area contributed by atoms with Gasteiger partial charge in [-0.3, -0.25) is 14.7 Å². The van der Waals surface area contributed by atoms with Crippen molar-refractivity contribution in [3.8, 4) is 0 Å². The summed E-state index contributed by atoms with van der Waals surface area (Å²) in [5.74, 6) is -0.0279. The fourth-order valence-electron chi connectivity index (χ4n) is 2.65. The van der Waals surface area contributed by atoms with Gasteiger partial charge in [0.2, 0.25) is 5.96 Å². The second-order valence-electron chi connectivity index (χ2n) is 5.84. The summed E-state index contributed by atoms with van der Waals surface area (Å²) in [4.78, 5) is 33.3. The van der Waals surface area contributed by atoms with Crippen molar-refractivity contribution in [2.45, 2.75) is 6.61 Å². The highest BCUT2D eigenvalue weighted by molar-refractivity contribution is 6.40. The maximum atomic E-state index is 12.9. The van der Waals surface area contributed by atoms with Crippen molar-refractivity contribution < 1.29 is 14.7 Å². The Hall–Kier alpha value is -3.04. The van der Waals surface area contributed by atoms with Gasteiger partial charge in [-0.2, -0.15) is 0 Å². The van der Waals surface area contributed by atoms with E-state index in [0.29, 0.717) is 51.6 Å². The third-order valence-electron chi connectivity index (χ3n) is 3.90. The van der Waals surface area contributed by atoms with E-state index < -0.39 is 5.09 Å². The number of rotatable bonds is 5. The molecule has 0 aliphatic carbocycles. The van der Waals surface area contributed by atoms with Crippen molar-refractivity contribution in [3.63, 3.8) is 0 Å². The number of hydrogen-bond acceptors (Lipinski definition) is 7. The molecule has 28 heavy (non-hydrogen) atoms. The average Bonchev–Trinajstić information content (AvgIpc) is 3.11. The fourth-order valence-corrected chi connectivity index (χ4v) is 3.25. The summed E-state index contributed by atoms with van der Waals surface area (Å²) < 4.78 is 0. The molecule has 0 aromatic heterocycles. The molecule has 1 aliphatic rings. The molecule has 0 saturated heterocycles. The summed E-state index contributed by atoms with van der Waals surface area (Å²) in [6.07, 6.45) is 0. The van der Waals surface area contributed by atoms with Gasteiger partial charge in [-0.25, -0.2) is 0 Å². The lowest BCUT2D eigenvalue weighted by atomic mass is 10.1. The van der Waals surface area contributed by atoms with Gasteiger partial charge in [-0.05, 0) is 29.8 Å². The molecule has 3 N–H and O–H groups in total. The SMILES string of the molecule is Nc1cc(Cl)c(NC2=NCCN2C(=O)c2cccc(CO[N+](=O)[O-])c2)c(Cl)c1. The molecule has 2 aromatic carbocycles. The molecule has 0 saturated carbocycles. The summed E-state index contributed by atoms with van der Waals surface area (Å²) in [6.45, 7) is 0.521. The van der Waals surface area contributed by atoms with Crippen LogP contribution in [0.15, 0.2) is 41.4 Å². The number of nitrogen functional groups attached to an aromatic ring is 1. The Morgan fingerprint density at radius 1 is 1.32 bits per heavy atom. The number of benzene rings is 2. The molecule has 1 heterocycles. The molecule has 146 valence electrons. The van der Waals surface area contributed by atoms with Gasteiger partial charge in [-0.15, -0.1) is 10.1 Å². The minimum absolute atomic E-state index is 0.246. The van der Waals surface area contributed by atoms with Crippen LogP contribution < -0.4 is 11.1 Å². The van der Waals surface area contributed by atoms with Crippen LogP contribution in [0.5, 0.6) is 0 Å². The number of nitrogens with one attached hydrogen (secondary N) is 1. The molecule has 0 radical (unpaired) electrons. The minimum atomic E-state index is -0.885. The second-order valence-corrected chi connectivity index (χ2v) is 6.66. The van der Waals surface area contributed by atoms with Crippen LogP contribution in [0.3, 0.4) is 0 Å². The number of guanidine groups is 1. The predicted molar refractivity (Wildman–Crippen MR) is 106 cm³/mol. The molecule has 1 aliphatic heterocycles. The van der Waals surface area contributed by atoms with Crippen molar-refractivity contribution in [1.29, 1.82) is 0 Å². The molecule has 9 nitrogen and oxygen atoms in total. The number of carbonyl (C=O) groups excluding carboxylic acids is 1. The monoisotopic (exact) mass is 423 g/mol. The smallest absolute Gasteiger partial charge is 0.294 e. The number of hydrogen-bond donors (Lipinski definition) is 2. The zero-order valence-electron chi connectivity index (χ0n) is 14.4. The summed E-state index contributed by atoms with van der Waals surface area (Å²) in [5, 5.41) is 13.0. The lowest BCUT2D eigenvalue weighted by Gasteiger charge is -2.21. The van der Waals surface area contributed by atoms with Gasteiger partial charge in [0, 0.05) is 17.8 Å². The minimum Gasteiger partial charge on any atom is -0.399 e. The number of halogens is 2. The van der Waals surface area contributed by atoms with Crippen molar-refractivity contribution in [2.75, 3.05) is 24.1 Å². The summed E-state index contributed by atoms with van der Waals surface area (Å²) >= 11 is 12.4. The van der Waals surface area contributed by atoms with E-state index in [0.717, 1.165) is 0 Å². The highest BCUT2D eigenvalue weighted by Gasteiger charge is 2.26. The van der Waals surface area contributed by atoms with Crippen molar-refractivity contribution in [3.05, 3.63) is 67.7 Å². The molecule has 0 fully saturated rings. The Morgan fingerprint density at radius 2 is 2.04 bits per heavy atom. The second kappa shape index (κ2) is 8.32. The van der Waals surface area contributed by atoms with E-state index in [1.165, 1.54) is 23.1 Å². The number of nitrogens with two attached hydrogens (primary N) is 1. The molecule has 1 amide bonds. The maximum Gasteiger partial charge on any atom is 0.294 e. The van der Waals surface area contributed by atoms with Gasteiger partial charge >= 0.3 is 0 Å². The van der Waals surface area contributed by atoms with Gasteiger partial charge < -0.3 is 15.9 Å². The van der Waals surface area contributed by atoms with Crippen LogP contribution in [0.1, 0.15) is 15.9 Å². The summed E-state index contributed by atoms with van der Waals surface area (Å²) in [5.41, 5.74) is 7.35. The third kappa shape index (κ3) is 4.44. The van der Waals surface area contributed by atoms with Crippen LogP contribution >= 0.6 is 23.2 Å². The average molecular weight is 424 g/mol. The van der Waals surface area contributed by atoms with E-state index in [1.807, 2.05) is 0 Å². The van der Waals surface area contributed by atoms with E-state index in [2.05, 4.69) is 15.1 Å². The van der Waals surface area contributed by atoms with Crippen LogP contribution in [0.25, 0.3) is 0 Å². The lowest BCUT2D eigenvalue weighted by Crippen LogP contribution is -2.38. The summed E-state index contributed by atoms with van der Waals surface area (Å²) in [6, 6.07) is 9.47. The Morgan fingerprint density at radius 3 is 2.71 bits per heavy atom. The standard InChI is InChI=1S/C17H15Cl2N5O4/c18-13-7-12(20)8-14(19)15(13)22-17-21-4-5-23(17)16(25)11-3-1-2-10(6-11)9-28-24(26)27/h1-3,6-8H,4-5,9,20H2,(H,21,22). The number of amides is 1. The van der Waals surface area contributed by atoms with E-state index in [9.17, 15) is 14.9 Å². The zero-order chi connectivity index (χ0) is 20.3. The highest BCUT2D eigenvalue weighted by atomic mass is 35.5. The highest BCUT2D eigenvalue weighted by Crippen LogP contribution is 2.33. The fraction of sp³-hybridized carbons (Fsp3) is 0.176. The van der Waals surface area contributed by atoms with Gasteiger partial charge in [0.25, 0.3) is 11.0 Å². The van der Waals surface area contributed by atoms with E-state index >= 15 is 0 Å². The normalized spacial score (nSPS) is 13.2. The van der Waals surface area contributed by atoms with Crippen LogP contribution in [0.2, 0.25) is 10.0 Å². The van der Waals surface area contributed by atoms with Gasteiger partial charge in [0.15, 0.2) is 0 Å². The van der Waals surface area contributed by atoms with Crippen LogP contribution in [0, 0.1) is 10.1 Å². The molecule has 2 aromatic rings. The van der Waals surface area contributed by atoms with Gasteiger partial charge in [0.1, 0.15) is 6.61 Å². The zero-order valence-corrected chi connectivity index (χ0v) is 15.9. The number of aliphatic imine (C=N–C) groups is 1. The topological polar surface area (TPSA) is 123 Å². The van der Waals surface area contributed by atoms with E-state index in [1.54, 1.807) is 18.2 Å². The van der Waals surface area contributed by atoms with Crippen LogP contribution in [-0.2, 0) is 11.4 Å². The first kappa shape index (κ1) is 19.7. The predicted octanol–water partition coefficient (Wildman–Crippen LogP) is 3.21. The Balaban J connectivity index is 1.78. The molecule has 0 atom stereocenters. The largest absolute Gasteiger partial charge is 0.399 e. The van der Waals surface area contributed by atoms with Gasteiger partial charge in [0.05, 0.1) is 22.3 Å². The van der Waals surface area contributed by atoms with Crippen molar-refractivity contribution in [1.82, 2.24) is 4.90 Å². The van der Waals surface area contributed by atoms with Gasteiger partial charge in [-0.1, -0.05) is 35.3 Å². The quantitative estimate of drug-likeness (QED) is 0.432. The number of anilines is 2. The Kier molecular flexibility index (Phi) is 5.86. The van der Waals surface area contributed by atoms with E-state index in [4.69, 9.17) is 28.9 Å². The lowest BCUT2D eigenvalue weighted by molar-refractivity contribution is -0.763. The molecule has 0 bridgehead atoms. The molecular weight excluding hydrogens is 409 g/mol. The molecule has 0 spiro atoms. The van der Waals surface area contributed by atoms with E-state index in [-0.39, 0.29) is 12.5 Å². The first-order valence-electron chi connectivity index (χ1n) is 8.09. The third-order valence-corrected chi connectivity index (χ3v) is 4.49. The van der Waals surface area contributed by atoms with Crippen molar-refractivity contribution >= 4 is 46.4 Å². The number of nitrogens with zero attached hydrogens (tertiary/aromatic N) is 3. The Bertz CT molecular complexity index is 943. The summed E-state index contributed by atoms with van der Waals surface area (Å²) in [7, 11) is 0. The molecular formula is C17H15Cl2N5O4. The van der Waals surface area contributed by atoms with Crippen LogP contribution in [-0.4, -0.2) is 34.9 Å². The Labute approximate surface area is 169 Å². The van der Waals surface area contributed by atoms with Crippen LogP contribution in [0.4, 0.5) is 11.4 Å². The molecule has 0 unspecified atom stereocenters.